The summed E-state index contributed by atoms with van der Waals surface area (Å²) >= 11 is 0.802. The minimum absolute atomic E-state index is 0.0664. The van der Waals surface area contributed by atoms with Gasteiger partial charge in [-0.1, -0.05) is 11.8 Å². The number of rotatable bonds is 4. The number of hydrogen-bond donors (Lipinski definition) is 3. The molecule has 1 rings (SSSR count). The summed E-state index contributed by atoms with van der Waals surface area (Å²) in [6.07, 6.45) is -3.40. The molecule has 0 radical (unpaired) electrons. The first-order chi connectivity index (χ1) is 10.2. The Morgan fingerprint density at radius 1 is 1.45 bits per heavy atom. The maximum atomic E-state index is 11.8. The lowest BCUT2D eigenvalue weighted by atomic mass is 10.3. The highest BCUT2D eigenvalue weighted by Crippen LogP contribution is 2.15. The predicted molar refractivity (Wildman–Crippen MR) is 69.5 cm³/mol. The summed E-state index contributed by atoms with van der Waals surface area (Å²) in [5.41, 5.74) is 5.51. The van der Waals surface area contributed by atoms with Crippen LogP contribution in [0.3, 0.4) is 0 Å². The smallest absolute Gasteiger partial charge is 0.382 e. The first-order valence-electron chi connectivity index (χ1n) is 5.51. The van der Waals surface area contributed by atoms with Crippen LogP contribution in [0.5, 0.6) is 0 Å². The van der Waals surface area contributed by atoms with Crippen LogP contribution >= 0.6 is 11.8 Å². The van der Waals surface area contributed by atoms with Crippen LogP contribution in [0.15, 0.2) is 11.4 Å². The molecule has 22 heavy (non-hydrogen) atoms. The second-order valence-electron chi connectivity index (χ2n) is 3.70. The molecule has 0 spiro atoms. The van der Waals surface area contributed by atoms with E-state index in [4.69, 9.17) is 11.0 Å². The van der Waals surface area contributed by atoms with E-state index >= 15 is 0 Å². The monoisotopic (exact) mass is 334 g/mol. The van der Waals surface area contributed by atoms with Gasteiger partial charge in [-0.05, 0) is 0 Å². The number of amides is 3. The number of nitriles is 1. The van der Waals surface area contributed by atoms with Crippen LogP contribution in [0, 0.1) is 11.3 Å². The Morgan fingerprint density at radius 2 is 2.14 bits per heavy atom. The molecule has 0 fully saturated rings. The third kappa shape index (κ3) is 6.27. The van der Waals surface area contributed by atoms with Gasteiger partial charge in [0.05, 0.1) is 11.9 Å². The molecule has 1 aromatic heterocycles. The molecule has 0 aliphatic heterocycles. The Balaban J connectivity index is 2.42. The highest BCUT2D eigenvalue weighted by molar-refractivity contribution is 7.99. The third-order valence-corrected chi connectivity index (χ3v) is 2.81. The fraction of sp³-hybridized carbons (Fsp3) is 0.300. The van der Waals surface area contributed by atoms with Gasteiger partial charge in [0.25, 0.3) is 0 Å². The van der Waals surface area contributed by atoms with Gasteiger partial charge in [-0.3, -0.25) is 10.1 Å². The van der Waals surface area contributed by atoms with Crippen molar-refractivity contribution < 1.29 is 22.8 Å². The van der Waals surface area contributed by atoms with Crippen molar-refractivity contribution in [2.45, 2.75) is 11.3 Å². The van der Waals surface area contributed by atoms with Crippen LogP contribution in [-0.2, 0) is 4.79 Å². The molecule has 0 saturated heterocycles. The first-order valence-corrected chi connectivity index (χ1v) is 6.49. The van der Waals surface area contributed by atoms with Crippen molar-refractivity contribution in [3.63, 3.8) is 0 Å². The van der Waals surface area contributed by atoms with E-state index in [1.54, 1.807) is 11.4 Å². The molecule has 0 atom stereocenters. The summed E-state index contributed by atoms with van der Waals surface area (Å²) in [5, 5.41) is 11.9. The number of urea groups is 1. The van der Waals surface area contributed by atoms with Crippen molar-refractivity contribution in [2.24, 2.45) is 0 Å². The lowest BCUT2D eigenvalue weighted by Gasteiger charge is -2.08. The van der Waals surface area contributed by atoms with Crippen molar-refractivity contribution in [1.82, 2.24) is 20.6 Å². The van der Waals surface area contributed by atoms with Crippen molar-refractivity contribution in [2.75, 3.05) is 18.0 Å². The van der Waals surface area contributed by atoms with Crippen LogP contribution in [0.4, 0.5) is 23.8 Å². The predicted octanol–water partition coefficient (Wildman–Crippen LogP) is 0.411. The maximum Gasteiger partial charge on any atom is 0.405 e. The fourth-order valence-corrected chi connectivity index (χ4v) is 1.67. The van der Waals surface area contributed by atoms with Gasteiger partial charge in [-0.25, -0.2) is 14.8 Å². The largest absolute Gasteiger partial charge is 0.405 e. The lowest BCUT2D eigenvalue weighted by Crippen LogP contribution is -2.43. The van der Waals surface area contributed by atoms with Crippen molar-refractivity contribution >= 4 is 29.5 Å². The second-order valence-corrected chi connectivity index (χ2v) is 4.64. The topological polar surface area (TPSA) is 134 Å². The van der Waals surface area contributed by atoms with Gasteiger partial charge in [0.1, 0.15) is 24.0 Å². The van der Waals surface area contributed by atoms with Crippen molar-refractivity contribution in [3.05, 3.63) is 11.8 Å². The van der Waals surface area contributed by atoms with E-state index in [1.807, 2.05) is 0 Å². The molecule has 0 bridgehead atoms. The van der Waals surface area contributed by atoms with Crippen LogP contribution in [-0.4, -0.2) is 40.4 Å². The van der Waals surface area contributed by atoms with E-state index in [-0.39, 0.29) is 22.3 Å². The Hall–Kier alpha value is -2.55. The summed E-state index contributed by atoms with van der Waals surface area (Å²) in [6, 6.07) is 0.495. The summed E-state index contributed by atoms with van der Waals surface area (Å²) < 4.78 is 35.5. The number of anilines is 1. The molecule has 0 aliphatic carbocycles. The van der Waals surface area contributed by atoms with E-state index in [0.29, 0.717) is 0 Å². The molecule has 0 unspecified atom stereocenters. The first kappa shape index (κ1) is 17.5. The van der Waals surface area contributed by atoms with Gasteiger partial charge < -0.3 is 11.1 Å². The number of nitrogen functional groups attached to an aromatic ring is 1. The molecule has 0 saturated carbocycles. The number of hydrogen-bond acceptors (Lipinski definition) is 7. The molecule has 3 amide bonds. The molecule has 12 heteroatoms. The number of thioether (sulfide) groups is 1. The minimum Gasteiger partial charge on any atom is -0.382 e. The molecular weight excluding hydrogens is 325 g/mol. The maximum absolute atomic E-state index is 11.8. The molecule has 8 nitrogen and oxygen atoms in total. The van der Waals surface area contributed by atoms with E-state index in [2.05, 4.69) is 9.97 Å². The van der Waals surface area contributed by atoms with Crippen LogP contribution < -0.4 is 16.4 Å². The van der Waals surface area contributed by atoms with Gasteiger partial charge in [0, 0.05) is 0 Å². The molecule has 1 aromatic rings. The fourth-order valence-electron chi connectivity index (χ4n) is 1.05. The van der Waals surface area contributed by atoms with E-state index in [0.717, 1.165) is 11.8 Å². The SMILES string of the molecule is N#Cc1cnc(SCC(=O)NC(=O)NCC(F)(F)F)nc1N. The van der Waals surface area contributed by atoms with Crippen LogP contribution in [0.25, 0.3) is 0 Å². The average molecular weight is 334 g/mol. The summed E-state index contributed by atoms with van der Waals surface area (Å²) in [5.74, 6) is -1.22. The van der Waals surface area contributed by atoms with Gasteiger partial charge in [0.15, 0.2) is 5.16 Å². The molecule has 0 aliphatic rings. The van der Waals surface area contributed by atoms with Gasteiger partial charge in [-0.2, -0.15) is 18.4 Å². The zero-order valence-corrected chi connectivity index (χ0v) is 11.6. The number of nitrogens with two attached hydrogens (primary N) is 1. The highest BCUT2D eigenvalue weighted by atomic mass is 32.2. The number of carbonyl (C=O) groups is 2. The third-order valence-electron chi connectivity index (χ3n) is 1.95. The Bertz CT molecular complexity index is 616. The Morgan fingerprint density at radius 3 is 2.68 bits per heavy atom. The molecule has 4 N–H and O–H groups in total. The number of imide groups is 1. The highest BCUT2D eigenvalue weighted by Gasteiger charge is 2.27. The van der Waals surface area contributed by atoms with Crippen LogP contribution in [0.2, 0.25) is 0 Å². The summed E-state index contributed by atoms with van der Waals surface area (Å²) in [4.78, 5) is 29.8. The molecule has 118 valence electrons. The molecule has 0 aromatic carbocycles. The van der Waals surface area contributed by atoms with E-state index < -0.39 is 24.7 Å². The number of aromatic nitrogens is 2. The number of nitrogens with one attached hydrogen (secondary N) is 2. The number of carbonyl (C=O) groups excluding carboxylic acids is 2. The Kier molecular flexibility index (Phi) is 5.93. The van der Waals surface area contributed by atoms with E-state index in [1.165, 1.54) is 11.5 Å². The van der Waals surface area contributed by atoms with Crippen molar-refractivity contribution in [3.8, 4) is 6.07 Å². The second kappa shape index (κ2) is 7.46. The number of halogens is 3. The normalized spacial score (nSPS) is 10.6. The quantitative estimate of drug-likeness (QED) is 0.536. The Labute approximate surface area is 126 Å². The molecule has 1 heterocycles. The minimum atomic E-state index is -4.57. The van der Waals surface area contributed by atoms with Crippen molar-refractivity contribution in [1.29, 1.82) is 5.26 Å². The van der Waals surface area contributed by atoms with Crippen LogP contribution in [0.1, 0.15) is 5.56 Å². The van der Waals surface area contributed by atoms with Gasteiger partial charge >= 0.3 is 12.2 Å². The number of nitrogens with zero attached hydrogens (tertiary/aromatic N) is 3. The zero-order chi connectivity index (χ0) is 16.8. The lowest BCUT2D eigenvalue weighted by molar-refractivity contribution is -0.124. The molecular formula is C10H9F3N6O2S. The summed E-state index contributed by atoms with van der Waals surface area (Å²) in [7, 11) is 0. The number of alkyl halides is 3. The average Bonchev–Trinajstić information content (AvgIpc) is 2.42. The summed E-state index contributed by atoms with van der Waals surface area (Å²) in [6.45, 7) is -1.55. The standard InChI is InChI=1S/C10H9F3N6O2S/c11-10(12,13)4-17-8(21)18-6(20)3-22-9-16-2-5(1-14)7(15)19-9/h2H,3-4H2,(H2,15,16,19)(H2,17,18,20,21). The zero-order valence-electron chi connectivity index (χ0n) is 10.8. The van der Waals surface area contributed by atoms with Gasteiger partial charge in [0.2, 0.25) is 5.91 Å². The van der Waals surface area contributed by atoms with E-state index in [9.17, 15) is 22.8 Å². The van der Waals surface area contributed by atoms with Gasteiger partial charge in [-0.15, -0.1) is 0 Å².